The maximum absolute atomic E-state index is 11.6. The predicted molar refractivity (Wildman–Crippen MR) is 64.0 cm³/mol. The molecule has 0 unspecified atom stereocenters. The topological polar surface area (TPSA) is 64.3 Å². The van der Waals surface area contributed by atoms with Crippen LogP contribution in [0.25, 0.3) is 0 Å². The van der Waals surface area contributed by atoms with Gasteiger partial charge in [0, 0.05) is 18.7 Å². The van der Waals surface area contributed by atoms with Crippen molar-refractivity contribution in [2.45, 2.75) is 6.92 Å². The van der Waals surface area contributed by atoms with Gasteiger partial charge in [0.15, 0.2) is 0 Å². The van der Waals surface area contributed by atoms with Crippen molar-refractivity contribution >= 4 is 17.5 Å². The molecule has 5 heteroatoms. The lowest BCUT2D eigenvalue weighted by Crippen LogP contribution is -2.28. The number of halogens is 1. The van der Waals surface area contributed by atoms with E-state index in [-0.39, 0.29) is 5.91 Å². The summed E-state index contributed by atoms with van der Waals surface area (Å²) >= 11 is 5.96. The summed E-state index contributed by atoms with van der Waals surface area (Å²) in [5.74, 6) is 0.398. The predicted octanol–water partition coefficient (Wildman–Crippen LogP) is 1.43. The van der Waals surface area contributed by atoms with Gasteiger partial charge in [-0.05, 0) is 25.1 Å². The zero-order valence-electron chi connectivity index (χ0n) is 9.13. The van der Waals surface area contributed by atoms with Crippen molar-refractivity contribution in [2.75, 3.05) is 19.7 Å². The lowest BCUT2D eigenvalue weighted by Gasteiger charge is -2.08. The molecule has 0 fully saturated rings. The highest BCUT2D eigenvalue weighted by atomic mass is 35.5. The zero-order chi connectivity index (χ0) is 12.0. The van der Waals surface area contributed by atoms with Crippen LogP contribution in [0, 0.1) is 0 Å². The third-order valence-electron chi connectivity index (χ3n) is 1.92. The molecular weight excluding hydrogens is 228 g/mol. The van der Waals surface area contributed by atoms with E-state index in [1.807, 2.05) is 6.92 Å². The van der Waals surface area contributed by atoms with Gasteiger partial charge in [0.25, 0.3) is 5.91 Å². The van der Waals surface area contributed by atoms with Crippen LogP contribution in [0.5, 0.6) is 5.75 Å². The Hall–Kier alpha value is -1.26. The van der Waals surface area contributed by atoms with E-state index in [9.17, 15) is 4.79 Å². The minimum Gasteiger partial charge on any atom is -0.492 e. The molecule has 0 saturated carbocycles. The lowest BCUT2D eigenvalue weighted by atomic mass is 10.2. The first-order valence-corrected chi connectivity index (χ1v) is 5.47. The van der Waals surface area contributed by atoms with Crippen LogP contribution in [0.4, 0.5) is 0 Å². The van der Waals surface area contributed by atoms with Crippen LogP contribution in [-0.2, 0) is 0 Å². The second-order valence-corrected chi connectivity index (χ2v) is 3.53. The maximum atomic E-state index is 11.6. The third-order valence-corrected chi connectivity index (χ3v) is 2.22. The van der Waals surface area contributed by atoms with Crippen molar-refractivity contribution < 1.29 is 9.53 Å². The van der Waals surface area contributed by atoms with Gasteiger partial charge in [-0.2, -0.15) is 0 Å². The molecule has 1 aromatic carbocycles. The number of rotatable bonds is 5. The summed E-state index contributed by atoms with van der Waals surface area (Å²) in [6.45, 7) is 3.27. The minimum atomic E-state index is -0.185. The van der Waals surface area contributed by atoms with E-state index in [4.69, 9.17) is 22.1 Å². The van der Waals surface area contributed by atoms with Gasteiger partial charge in [-0.3, -0.25) is 4.79 Å². The molecule has 0 heterocycles. The van der Waals surface area contributed by atoms with E-state index in [1.165, 1.54) is 0 Å². The summed E-state index contributed by atoms with van der Waals surface area (Å²) in [5.41, 5.74) is 5.79. The summed E-state index contributed by atoms with van der Waals surface area (Å²) in [4.78, 5) is 11.6. The number of hydrogen-bond acceptors (Lipinski definition) is 3. The highest BCUT2D eigenvalue weighted by molar-refractivity contribution is 6.32. The number of carbonyl (C=O) groups excluding carboxylic acids is 1. The van der Waals surface area contributed by atoms with Crippen LogP contribution < -0.4 is 15.8 Å². The van der Waals surface area contributed by atoms with Gasteiger partial charge >= 0.3 is 0 Å². The van der Waals surface area contributed by atoms with Crippen LogP contribution in [0.1, 0.15) is 17.3 Å². The molecule has 0 aliphatic carbocycles. The molecule has 88 valence electrons. The number of nitrogens with one attached hydrogen (secondary N) is 1. The van der Waals surface area contributed by atoms with Gasteiger partial charge in [0.1, 0.15) is 5.75 Å². The molecule has 1 amide bonds. The first-order chi connectivity index (χ1) is 7.69. The summed E-state index contributed by atoms with van der Waals surface area (Å²) in [5, 5.41) is 3.10. The standard InChI is InChI=1S/C11H15ClN2O2/c1-2-16-10-4-3-8(7-9(10)12)11(15)14-6-5-13/h3-4,7H,2,5-6,13H2,1H3,(H,14,15). The molecule has 0 spiro atoms. The second kappa shape index (κ2) is 6.35. The summed E-state index contributed by atoms with van der Waals surface area (Å²) < 4.78 is 5.27. The van der Waals surface area contributed by atoms with Crippen molar-refractivity contribution in [3.63, 3.8) is 0 Å². The molecule has 1 aromatic rings. The molecule has 4 nitrogen and oxygen atoms in total. The number of carbonyl (C=O) groups is 1. The number of ether oxygens (including phenoxy) is 1. The van der Waals surface area contributed by atoms with E-state index in [0.717, 1.165) is 0 Å². The van der Waals surface area contributed by atoms with Crippen molar-refractivity contribution in [2.24, 2.45) is 5.73 Å². The van der Waals surface area contributed by atoms with Gasteiger partial charge in [0.2, 0.25) is 0 Å². The van der Waals surface area contributed by atoms with Crippen LogP contribution >= 0.6 is 11.6 Å². The fourth-order valence-corrected chi connectivity index (χ4v) is 1.44. The average molecular weight is 243 g/mol. The number of benzene rings is 1. The van der Waals surface area contributed by atoms with E-state index in [0.29, 0.717) is 36.0 Å². The smallest absolute Gasteiger partial charge is 0.251 e. The average Bonchev–Trinajstić information content (AvgIpc) is 2.29. The fraction of sp³-hybridized carbons (Fsp3) is 0.364. The Bertz CT molecular complexity index is 369. The Balaban J connectivity index is 2.76. The molecule has 0 atom stereocenters. The molecule has 16 heavy (non-hydrogen) atoms. The number of amides is 1. The first-order valence-electron chi connectivity index (χ1n) is 5.09. The zero-order valence-corrected chi connectivity index (χ0v) is 9.88. The van der Waals surface area contributed by atoms with Gasteiger partial charge < -0.3 is 15.8 Å². The third kappa shape index (κ3) is 3.40. The maximum Gasteiger partial charge on any atom is 0.251 e. The Morgan fingerprint density at radius 2 is 2.31 bits per heavy atom. The van der Waals surface area contributed by atoms with Crippen molar-refractivity contribution in [3.8, 4) is 5.75 Å². The first kappa shape index (κ1) is 12.8. The fourth-order valence-electron chi connectivity index (χ4n) is 1.20. The van der Waals surface area contributed by atoms with Gasteiger partial charge in [0.05, 0.1) is 11.6 Å². The molecule has 0 bridgehead atoms. The molecule has 0 aliphatic heterocycles. The van der Waals surface area contributed by atoms with Crippen molar-refractivity contribution in [1.29, 1.82) is 0 Å². The minimum absolute atomic E-state index is 0.185. The Morgan fingerprint density at radius 3 is 2.88 bits per heavy atom. The van der Waals surface area contributed by atoms with Crippen molar-refractivity contribution in [1.82, 2.24) is 5.32 Å². The highest BCUT2D eigenvalue weighted by Crippen LogP contribution is 2.25. The van der Waals surface area contributed by atoms with E-state index < -0.39 is 0 Å². The Kier molecular flexibility index (Phi) is 5.08. The Labute approximate surface area is 99.7 Å². The molecule has 3 N–H and O–H groups in total. The molecular formula is C11H15ClN2O2. The summed E-state index contributed by atoms with van der Waals surface area (Å²) in [6, 6.07) is 4.93. The quantitative estimate of drug-likeness (QED) is 0.821. The van der Waals surface area contributed by atoms with E-state index in [2.05, 4.69) is 5.32 Å². The number of nitrogens with two attached hydrogens (primary N) is 1. The monoisotopic (exact) mass is 242 g/mol. The molecule has 0 aromatic heterocycles. The van der Waals surface area contributed by atoms with E-state index >= 15 is 0 Å². The molecule has 0 saturated heterocycles. The van der Waals surface area contributed by atoms with Gasteiger partial charge in [-0.15, -0.1) is 0 Å². The highest BCUT2D eigenvalue weighted by Gasteiger charge is 2.08. The van der Waals surface area contributed by atoms with Crippen LogP contribution in [0.3, 0.4) is 0 Å². The van der Waals surface area contributed by atoms with E-state index in [1.54, 1.807) is 18.2 Å². The van der Waals surface area contributed by atoms with Gasteiger partial charge in [-0.25, -0.2) is 0 Å². The summed E-state index contributed by atoms with van der Waals surface area (Å²) in [7, 11) is 0. The van der Waals surface area contributed by atoms with Crippen LogP contribution in [0.15, 0.2) is 18.2 Å². The molecule has 0 radical (unpaired) electrons. The molecule has 1 rings (SSSR count). The SMILES string of the molecule is CCOc1ccc(C(=O)NCCN)cc1Cl. The normalized spacial score (nSPS) is 9.94. The lowest BCUT2D eigenvalue weighted by molar-refractivity contribution is 0.0954. The molecule has 0 aliphatic rings. The van der Waals surface area contributed by atoms with Crippen molar-refractivity contribution in [3.05, 3.63) is 28.8 Å². The largest absolute Gasteiger partial charge is 0.492 e. The second-order valence-electron chi connectivity index (χ2n) is 3.12. The van der Waals surface area contributed by atoms with Gasteiger partial charge in [-0.1, -0.05) is 11.6 Å². The Morgan fingerprint density at radius 1 is 1.56 bits per heavy atom. The number of hydrogen-bond donors (Lipinski definition) is 2. The van der Waals surface area contributed by atoms with Crippen LogP contribution in [0.2, 0.25) is 5.02 Å². The van der Waals surface area contributed by atoms with Crippen LogP contribution in [-0.4, -0.2) is 25.6 Å². The summed E-state index contributed by atoms with van der Waals surface area (Å²) in [6.07, 6.45) is 0.